The number of carbonyl (C=O) groups is 1. The molecule has 1 saturated heterocycles. The van der Waals surface area contributed by atoms with Crippen molar-refractivity contribution in [3.8, 4) is 11.3 Å². The second-order valence-corrected chi connectivity index (χ2v) is 12.5. The van der Waals surface area contributed by atoms with E-state index >= 15 is 0 Å². The number of fused-ring (bicyclic) bond motifs is 2. The van der Waals surface area contributed by atoms with Crippen LogP contribution in [0.5, 0.6) is 0 Å². The number of carbonyl (C=O) groups excluding carboxylic acids is 1. The fraction of sp³-hybridized carbons (Fsp3) is 0.296. The van der Waals surface area contributed by atoms with E-state index in [1.54, 1.807) is 55.4 Å². The topological polar surface area (TPSA) is 125 Å². The Kier molecular flexibility index (Phi) is 5.54. The van der Waals surface area contributed by atoms with Crippen molar-refractivity contribution in [2.24, 2.45) is 5.73 Å². The van der Waals surface area contributed by atoms with Gasteiger partial charge in [0.05, 0.1) is 34.3 Å². The number of sulfone groups is 1. The fourth-order valence-electron chi connectivity index (χ4n) is 5.01. The molecule has 9 nitrogen and oxygen atoms in total. The maximum absolute atomic E-state index is 13.5. The van der Waals surface area contributed by atoms with Gasteiger partial charge in [-0.1, -0.05) is 18.2 Å². The summed E-state index contributed by atoms with van der Waals surface area (Å²) in [5.41, 5.74) is 11.9. The van der Waals surface area contributed by atoms with E-state index in [1.165, 1.54) is 0 Å². The zero-order chi connectivity index (χ0) is 25.9. The van der Waals surface area contributed by atoms with E-state index in [-0.39, 0.29) is 16.8 Å². The largest absolute Gasteiger partial charge is 0.370 e. The van der Waals surface area contributed by atoms with Gasteiger partial charge in [0.25, 0.3) is 5.91 Å². The Morgan fingerprint density at radius 1 is 1.14 bits per heavy atom. The van der Waals surface area contributed by atoms with Gasteiger partial charge in [0, 0.05) is 42.1 Å². The Morgan fingerprint density at radius 3 is 2.62 bits per heavy atom. The lowest BCUT2D eigenvalue weighted by Gasteiger charge is -2.18. The molecule has 4 heterocycles. The standard InChI is InChI=1S/C27H28N6O3S/c1-16(2)37(35,36)21-7-4-17(5-8-21)23-12-29-26-25(31-23)24(13-30-26)33-14-18-3-6-20(11-22(18)27(33)34)32-10-9-19(28)15-32/h3-8,11-13,16,19H,9-10,14-15,28H2,1-2H3,(H,29,30)/t19-/m1/s1. The molecule has 10 heteroatoms. The summed E-state index contributed by atoms with van der Waals surface area (Å²) in [6.45, 7) is 5.47. The normalized spacial score (nSPS) is 17.8. The van der Waals surface area contributed by atoms with Gasteiger partial charge in [-0.25, -0.2) is 18.4 Å². The molecule has 0 radical (unpaired) electrons. The van der Waals surface area contributed by atoms with Crippen LogP contribution < -0.4 is 15.5 Å². The van der Waals surface area contributed by atoms with E-state index in [2.05, 4.69) is 20.9 Å². The van der Waals surface area contributed by atoms with Crippen molar-refractivity contribution in [3.63, 3.8) is 0 Å². The molecule has 0 aliphatic carbocycles. The van der Waals surface area contributed by atoms with Crippen LogP contribution in [-0.4, -0.2) is 53.7 Å². The van der Waals surface area contributed by atoms with E-state index in [0.717, 1.165) is 36.3 Å². The summed E-state index contributed by atoms with van der Waals surface area (Å²) in [5, 5.41) is -0.497. The van der Waals surface area contributed by atoms with Gasteiger partial charge in [-0.05, 0) is 50.1 Å². The molecule has 1 fully saturated rings. The van der Waals surface area contributed by atoms with Crippen LogP contribution in [0.3, 0.4) is 0 Å². The zero-order valence-corrected chi connectivity index (χ0v) is 21.5. The second kappa shape index (κ2) is 8.67. The molecule has 2 aliphatic heterocycles. The fourth-order valence-corrected chi connectivity index (χ4v) is 6.07. The van der Waals surface area contributed by atoms with Gasteiger partial charge in [0.2, 0.25) is 0 Å². The van der Waals surface area contributed by atoms with Crippen LogP contribution in [0.4, 0.5) is 11.4 Å². The third kappa shape index (κ3) is 3.96. The van der Waals surface area contributed by atoms with E-state index in [9.17, 15) is 13.2 Å². The molecular formula is C27H28N6O3S. The lowest BCUT2D eigenvalue weighted by molar-refractivity contribution is 0.0997. The molecule has 2 aromatic carbocycles. The maximum Gasteiger partial charge on any atom is 0.259 e. The van der Waals surface area contributed by atoms with Gasteiger partial charge in [-0.15, -0.1) is 0 Å². The van der Waals surface area contributed by atoms with Gasteiger partial charge >= 0.3 is 0 Å². The van der Waals surface area contributed by atoms with Crippen LogP contribution in [-0.2, 0) is 16.4 Å². The quantitative estimate of drug-likeness (QED) is 0.416. The molecule has 1 amide bonds. The van der Waals surface area contributed by atoms with Crippen molar-refractivity contribution in [1.29, 1.82) is 0 Å². The molecule has 3 N–H and O–H groups in total. The summed E-state index contributed by atoms with van der Waals surface area (Å²) < 4.78 is 24.9. The highest BCUT2D eigenvalue weighted by molar-refractivity contribution is 7.92. The highest BCUT2D eigenvalue weighted by Crippen LogP contribution is 2.35. The minimum absolute atomic E-state index is 0.0725. The third-order valence-corrected chi connectivity index (χ3v) is 9.41. The number of aromatic amines is 1. The molecule has 2 aliphatic rings. The first-order chi connectivity index (χ1) is 17.7. The predicted octanol–water partition coefficient (Wildman–Crippen LogP) is 3.50. The molecule has 190 valence electrons. The average molecular weight is 517 g/mol. The third-order valence-electron chi connectivity index (χ3n) is 7.24. The van der Waals surface area contributed by atoms with Gasteiger partial charge in [0.1, 0.15) is 5.52 Å². The number of anilines is 2. The molecular weight excluding hydrogens is 488 g/mol. The molecule has 1 atom stereocenters. The molecule has 0 unspecified atom stereocenters. The number of aromatic nitrogens is 3. The lowest BCUT2D eigenvalue weighted by Crippen LogP contribution is -2.26. The van der Waals surface area contributed by atoms with Gasteiger partial charge in [0.15, 0.2) is 15.5 Å². The first-order valence-corrected chi connectivity index (χ1v) is 13.9. The number of rotatable bonds is 5. The van der Waals surface area contributed by atoms with Crippen molar-refractivity contribution >= 4 is 38.3 Å². The maximum atomic E-state index is 13.5. The highest BCUT2D eigenvalue weighted by Gasteiger charge is 2.32. The van der Waals surface area contributed by atoms with Gasteiger partial charge < -0.3 is 20.5 Å². The van der Waals surface area contributed by atoms with E-state index < -0.39 is 15.1 Å². The van der Waals surface area contributed by atoms with Gasteiger partial charge in [-0.2, -0.15) is 0 Å². The predicted molar refractivity (Wildman–Crippen MR) is 143 cm³/mol. The Hall–Kier alpha value is -3.76. The van der Waals surface area contributed by atoms with E-state index in [1.807, 2.05) is 12.1 Å². The molecule has 6 rings (SSSR count). The van der Waals surface area contributed by atoms with Crippen molar-refractivity contribution in [2.45, 2.75) is 43.0 Å². The van der Waals surface area contributed by atoms with E-state index in [0.29, 0.717) is 34.7 Å². The first-order valence-electron chi connectivity index (χ1n) is 12.4. The minimum atomic E-state index is -3.36. The molecule has 0 saturated carbocycles. The summed E-state index contributed by atoms with van der Waals surface area (Å²) in [5.74, 6) is -0.0725. The highest BCUT2D eigenvalue weighted by atomic mass is 32.2. The molecule has 37 heavy (non-hydrogen) atoms. The summed E-state index contributed by atoms with van der Waals surface area (Å²) in [6, 6.07) is 12.9. The Morgan fingerprint density at radius 2 is 1.92 bits per heavy atom. The van der Waals surface area contributed by atoms with Crippen molar-refractivity contribution < 1.29 is 13.2 Å². The number of hydrogen-bond donors (Lipinski definition) is 2. The monoisotopic (exact) mass is 516 g/mol. The molecule has 4 aromatic rings. The van der Waals surface area contributed by atoms with Crippen molar-refractivity contribution in [2.75, 3.05) is 22.9 Å². The smallest absolute Gasteiger partial charge is 0.259 e. The first kappa shape index (κ1) is 23.6. The summed E-state index contributed by atoms with van der Waals surface area (Å²) in [7, 11) is -3.36. The number of nitrogens with two attached hydrogens (primary N) is 1. The van der Waals surface area contributed by atoms with Crippen LogP contribution >= 0.6 is 0 Å². The summed E-state index contributed by atoms with van der Waals surface area (Å²) in [4.78, 5) is 30.1. The van der Waals surface area contributed by atoms with Crippen LogP contribution in [0.2, 0.25) is 0 Å². The average Bonchev–Trinajstić information content (AvgIpc) is 3.60. The van der Waals surface area contributed by atoms with Crippen LogP contribution in [0.1, 0.15) is 36.2 Å². The molecule has 0 bridgehead atoms. The van der Waals surface area contributed by atoms with Crippen LogP contribution in [0.15, 0.2) is 59.8 Å². The SMILES string of the molecule is CC(C)S(=O)(=O)c1ccc(-c2cnc3[nH]cc(N4Cc5ccc(N6CC[C@@H](N)C6)cc5C4=O)c3n2)cc1. The number of nitrogens with one attached hydrogen (secondary N) is 1. The number of nitrogens with zero attached hydrogens (tertiary/aromatic N) is 4. The van der Waals surface area contributed by atoms with Crippen molar-refractivity contribution in [3.05, 3.63) is 66.0 Å². The lowest BCUT2D eigenvalue weighted by atomic mass is 10.1. The molecule has 2 aromatic heterocycles. The molecule has 0 spiro atoms. The van der Waals surface area contributed by atoms with E-state index in [4.69, 9.17) is 10.7 Å². The number of amides is 1. The Bertz CT molecular complexity index is 1630. The Labute approximate surface area is 215 Å². The van der Waals surface area contributed by atoms with Crippen molar-refractivity contribution in [1.82, 2.24) is 15.0 Å². The van der Waals surface area contributed by atoms with Crippen LogP contribution in [0, 0.1) is 0 Å². The van der Waals surface area contributed by atoms with Gasteiger partial charge in [-0.3, -0.25) is 4.79 Å². The van der Waals surface area contributed by atoms with Crippen LogP contribution in [0.25, 0.3) is 22.4 Å². The summed E-state index contributed by atoms with van der Waals surface area (Å²) in [6.07, 6.45) is 4.35. The number of H-pyrrole nitrogens is 1. The second-order valence-electron chi connectivity index (χ2n) is 9.97. The zero-order valence-electron chi connectivity index (χ0n) is 20.7. The summed E-state index contributed by atoms with van der Waals surface area (Å²) >= 11 is 0. The number of benzene rings is 2. The minimum Gasteiger partial charge on any atom is -0.370 e. The Balaban J connectivity index is 1.31. The number of hydrogen-bond acceptors (Lipinski definition) is 7.